The highest BCUT2D eigenvalue weighted by Gasteiger charge is 2.40. The molecule has 0 fully saturated rings. The van der Waals surface area contributed by atoms with E-state index in [0.717, 1.165) is 5.56 Å². The largest absolute Gasteiger partial charge is 0.873 e. The number of H-pyrrole nitrogens is 1. The molecule has 0 saturated carbocycles. The molecular formula is C19H18NO5-. The predicted octanol–water partition coefficient (Wildman–Crippen LogP) is 1.45. The summed E-state index contributed by atoms with van der Waals surface area (Å²) >= 11 is 0. The predicted molar refractivity (Wildman–Crippen MR) is 88.6 cm³/mol. The number of rotatable bonds is 5. The number of carboxylic acids is 1. The SMILES string of the molecule is CCC1(OCc2ccccc2)C([O-])=C(C(=O)O)Cc2c1cc[nH]c2=O. The Morgan fingerprint density at radius 3 is 2.68 bits per heavy atom. The van der Waals surface area contributed by atoms with Gasteiger partial charge in [0.1, 0.15) is 5.60 Å². The highest BCUT2D eigenvalue weighted by atomic mass is 16.5. The van der Waals surface area contributed by atoms with E-state index in [1.54, 1.807) is 13.0 Å². The van der Waals surface area contributed by atoms with Crippen LogP contribution in [0.2, 0.25) is 0 Å². The van der Waals surface area contributed by atoms with Gasteiger partial charge in [0.15, 0.2) is 0 Å². The van der Waals surface area contributed by atoms with Crippen molar-refractivity contribution in [2.24, 2.45) is 0 Å². The van der Waals surface area contributed by atoms with Gasteiger partial charge in [-0.3, -0.25) is 4.79 Å². The monoisotopic (exact) mass is 340 g/mol. The highest BCUT2D eigenvalue weighted by Crippen LogP contribution is 2.42. The first kappa shape index (κ1) is 17.0. The number of aliphatic carboxylic acids is 1. The van der Waals surface area contributed by atoms with Crippen molar-refractivity contribution >= 4 is 5.97 Å². The van der Waals surface area contributed by atoms with Gasteiger partial charge in [0.2, 0.25) is 0 Å². The summed E-state index contributed by atoms with van der Waals surface area (Å²) < 4.78 is 5.99. The Hall–Kier alpha value is -2.86. The van der Waals surface area contributed by atoms with Crippen molar-refractivity contribution in [3.63, 3.8) is 0 Å². The molecule has 0 saturated heterocycles. The molecule has 2 aromatic rings. The maximum Gasteiger partial charge on any atom is 0.331 e. The average Bonchev–Trinajstić information content (AvgIpc) is 2.62. The number of hydrogen-bond donors (Lipinski definition) is 2. The standard InChI is InChI=1S/C19H19NO5/c1-2-19(25-11-12-6-4-3-5-7-12)15-8-9-20-17(22)13(15)10-14(16(19)21)18(23)24/h3-9,21H,2,10-11H2,1H3,(H,20,22)(H,23,24)/p-1. The van der Waals surface area contributed by atoms with E-state index in [2.05, 4.69) is 4.98 Å². The van der Waals surface area contributed by atoms with Gasteiger partial charge in [-0.1, -0.05) is 43.0 Å². The third-order valence-electron chi connectivity index (χ3n) is 4.58. The number of fused-ring (bicyclic) bond motifs is 1. The third kappa shape index (κ3) is 2.85. The maximum atomic E-state index is 13.0. The second kappa shape index (κ2) is 6.57. The summed E-state index contributed by atoms with van der Waals surface area (Å²) in [7, 11) is 0. The van der Waals surface area contributed by atoms with E-state index in [1.165, 1.54) is 6.20 Å². The molecule has 1 aromatic carbocycles. The van der Waals surface area contributed by atoms with Crippen LogP contribution in [0.5, 0.6) is 0 Å². The summed E-state index contributed by atoms with van der Waals surface area (Å²) in [5, 5.41) is 22.4. The lowest BCUT2D eigenvalue weighted by Crippen LogP contribution is -2.44. The zero-order valence-electron chi connectivity index (χ0n) is 13.7. The Morgan fingerprint density at radius 2 is 2.04 bits per heavy atom. The highest BCUT2D eigenvalue weighted by molar-refractivity contribution is 5.88. The fourth-order valence-electron chi connectivity index (χ4n) is 3.24. The Labute approximate surface area is 144 Å². The fraction of sp³-hybridized carbons (Fsp3) is 0.263. The Morgan fingerprint density at radius 1 is 1.32 bits per heavy atom. The first-order chi connectivity index (χ1) is 12.0. The quantitative estimate of drug-likeness (QED) is 0.858. The zero-order chi connectivity index (χ0) is 18.0. The molecule has 25 heavy (non-hydrogen) atoms. The smallest absolute Gasteiger partial charge is 0.331 e. The molecule has 1 unspecified atom stereocenters. The van der Waals surface area contributed by atoms with E-state index in [9.17, 15) is 19.8 Å². The molecule has 0 amide bonds. The molecule has 0 aliphatic heterocycles. The molecule has 6 heteroatoms. The number of ether oxygens (including phenoxy) is 1. The Bertz CT molecular complexity index is 884. The second-order valence-corrected chi connectivity index (χ2v) is 5.94. The van der Waals surface area contributed by atoms with E-state index >= 15 is 0 Å². The van der Waals surface area contributed by atoms with Crippen LogP contribution in [0.1, 0.15) is 30.0 Å². The average molecular weight is 340 g/mol. The van der Waals surface area contributed by atoms with Gasteiger partial charge in [-0.2, -0.15) is 0 Å². The van der Waals surface area contributed by atoms with E-state index in [1.807, 2.05) is 30.3 Å². The number of aromatic amines is 1. The van der Waals surface area contributed by atoms with E-state index in [-0.39, 0.29) is 30.6 Å². The summed E-state index contributed by atoms with van der Waals surface area (Å²) in [6, 6.07) is 10.9. The van der Waals surface area contributed by atoms with E-state index < -0.39 is 22.9 Å². The number of carbonyl (C=O) groups is 1. The molecular weight excluding hydrogens is 322 g/mol. The number of nitrogens with one attached hydrogen (secondary N) is 1. The van der Waals surface area contributed by atoms with Gasteiger partial charge >= 0.3 is 5.97 Å². The summed E-state index contributed by atoms with van der Waals surface area (Å²) in [5.41, 5.74) is -0.606. The van der Waals surface area contributed by atoms with E-state index in [4.69, 9.17) is 4.74 Å². The number of carboxylic acid groups (broad SMARTS) is 1. The van der Waals surface area contributed by atoms with Crippen LogP contribution in [-0.2, 0) is 28.2 Å². The zero-order valence-corrected chi connectivity index (χ0v) is 13.7. The van der Waals surface area contributed by atoms with Crippen molar-refractivity contribution in [2.75, 3.05) is 0 Å². The van der Waals surface area contributed by atoms with Gasteiger partial charge in [0, 0.05) is 23.8 Å². The number of pyridine rings is 1. The lowest BCUT2D eigenvalue weighted by molar-refractivity contribution is -0.344. The maximum absolute atomic E-state index is 13.0. The van der Waals surface area contributed by atoms with Crippen molar-refractivity contribution in [3.8, 4) is 0 Å². The fourth-order valence-corrected chi connectivity index (χ4v) is 3.24. The summed E-state index contributed by atoms with van der Waals surface area (Å²) in [5.74, 6) is -1.91. The molecule has 3 rings (SSSR count). The first-order valence-corrected chi connectivity index (χ1v) is 8.02. The van der Waals surface area contributed by atoms with Gasteiger partial charge in [-0.25, -0.2) is 4.79 Å². The molecule has 2 N–H and O–H groups in total. The van der Waals surface area contributed by atoms with Gasteiger partial charge in [0.05, 0.1) is 6.61 Å². The molecule has 130 valence electrons. The van der Waals surface area contributed by atoms with Crippen LogP contribution < -0.4 is 10.7 Å². The van der Waals surface area contributed by atoms with Gasteiger partial charge < -0.3 is 19.9 Å². The van der Waals surface area contributed by atoms with Crippen LogP contribution in [-0.4, -0.2) is 16.1 Å². The van der Waals surface area contributed by atoms with Crippen molar-refractivity contribution in [1.29, 1.82) is 0 Å². The van der Waals surface area contributed by atoms with Crippen LogP contribution in [0, 0.1) is 0 Å². The first-order valence-electron chi connectivity index (χ1n) is 8.02. The van der Waals surface area contributed by atoms with Crippen molar-refractivity contribution in [3.05, 3.63) is 81.0 Å². The molecule has 0 bridgehead atoms. The van der Waals surface area contributed by atoms with Crippen LogP contribution >= 0.6 is 0 Å². The lowest BCUT2D eigenvalue weighted by Gasteiger charge is -2.44. The second-order valence-electron chi connectivity index (χ2n) is 5.94. The summed E-state index contributed by atoms with van der Waals surface area (Å²) in [4.78, 5) is 26.3. The van der Waals surface area contributed by atoms with Gasteiger partial charge in [0.25, 0.3) is 5.56 Å². The Balaban J connectivity index is 2.13. The topological polar surface area (TPSA) is 102 Å². The van der Waals surface area contributed by atoms with Crippen LogP contribution in [0.15, 0.2) is 58.7 Å². The molecule has 0 spiro atoms. The number of hydrogen-bond acceptors (Lipinski definition) is 4. The number of aromatic nitrogens is 1. The van der Waals surface area contributed by atoms with Crippen LogP contribution in [0.25, 0.3) is 0 Å². The Kier molecular flexibility index (Phi) is 4.46. The normalized spacial score (nSPS) is 19.6. The molecule has 1 aliphatic rings. The number of benzene rings is 1. The summed E-state index contributed by atoms with van der Waals surface area (Å²) in [6.07, 6.45) is 1.48. The third-order valence-corrected chi connectivity index (χ3v) is 4.58. The van der Waals surface area contributed by atoms with Crippen molar-refractivity contribution in [2.45, 2.75) is 32.0 Å². The molecule has 1 aliphatic carbocycles. The minimum absolute atomic E-state index is 0.138. The lowest BCUT2D eigenvalue weighted by atomic mass is 9.78. The van der Waals surface area contributed by atoms with Crippen LogP contribution in [0.3, 0.4) is 0 Å². The molecule has 0 radical (unpaired) electrons. The van der Waals surface area contributed by atoms with E-state index in [0.29, 0.717) is 5.56 Å². The molecule has 1 aromatic heterocycles. The summed E-state index contributed by atoms with van der Waals surface area (Å²) in [6.45, 7) is 1.89. The molecule has 1 atom stereocenters. The minimum Gasteiger partial charge on any atom is -0.873 e. The van der Waals surface area contributed by atoms with Crippen molar-refractivity contribution < 1.29 is 19.7 Å². The van der Waals surface area contributed by atoms with Gasteiger partial charge in [-0.05, 0) is 23.6 Å². The minimum atomic E-state index is -1.47. The van der Waals surface area contributed by atoms with Gasteiger partial charge in [-0.15, -0.1) is 0 Å². The molecule has 1 heterocycles. The van der Waals surface area contributed by atoms with Crippen LogP contribution in [0.4, 0.5) is 0 Å². The van der Waals surface area contributed by atoms with Crippen molar-refractivity contribution in [1.82, 2.24) is 4.98 Å². The molecule has 6 nitrogen and oxygen atoms in total.